The van der Waals surface area contributed by atoms with Crippen molar-refractivity contribution in [1.82, 2.24) is 14.9 Å². The second-order valence-electron chi connectivity index (χ2n) is 6.93. The number of benzene rings is 1. The Bertz CT molecular complexity index is 892. The Balaban J connectivity index is 1.65. The Labute approximate surface area is 142 Å². The summed E-state index contributed by atoms with van der Waals surface area (Å²) in [4.78, 5) is 32.0. The fourth-order valence-corrected chi connectivity index (χ4v) is 4.13. The molecule has 1 aliphatic heterocycles. The minimum Gasteiger partial charge on any atom is -0.336 e. The summed E-state index contributed by atoms with van der Waals surface area (Å²) in [5.41, 5.74) is -0.0283. The van der Waals surface area contributed by atoms with Gasteiger partial charge in [0, 0.05) is 25.1 Å². The van der Waals surface area contributed by atoms with E-state index in [0.717, 1.165) is 31.5 Å². The van der Waals surface area contributed by atoms with Crippen LogP contribution in [0, 0.1) is 17.0 Å². The van der Waals surface area contributed by atoms with Crippen LogP contribution in [0.3, 0.4) is 0 Å². The molecule has 1 spiro atoms. The molecule has 2 heterocycles. The third kappa shape index (κ3) is 2.63. The van der Waals surface area contributed by atoms with Crippen molar-refractivity contribution in [2.24, 2.45) is 5.41 Å². The number of aromatic nitrogens is 2. The van der Waals surface area contributed by atoms with E-state index in [1.165, 1.54) is 18.3 Å². The van der Waals surface area contributed by atoms with E-state index in [0.29, 0.717) is 18.7 Å². The van der Waals surface area contributed by atoms with E-state index < -0.39 is 17.2 Å². The largest absolute Gasteiger partial charge is 0.336 e. The SMILES string of the molecule is O=C(c1cncc(=O)[nH]1)N1C[C@H](c2ccc(F)cc2F)C2(CCC2)C1. The molecular weight excluding hydrogens is 328 g/mol. The predicted octanol–water partition coefficient (Wildman–Crippen LogP) is 2.46. The number of amides is 1. The highest BCUT2D eigenvalue weighted by Gasteiger charge is 2.52. The van der Waals surface area contributed by atoms with Crippen LogP contribution in [-0.2, 0) is 0 Å². The maximum atomic E-state index is 14.3. The molecule has 2 aromatic rings. The van der Waals surface area contributed by atoms with Gasteiger partial charge in [0.25, 0.3) is 11.5 Å². The van der Waals surface area contributed by atoms with Crippen LogP contribution in [0.25, 0.3) is 0 Å². The number of carbonyl (C=O) groups is 1. The van der Waals surface area contributed by atoms with Crippen LogP contribution in [0.15, 0.2) is 35.4 Å². The molecule has 1 aromatic carbocycles. The third-order valence-corrected chi connectivity index (χ3v) is 5.51. The van der Waals surface area contributed by atoms with Gasteiger partial charge >= 0.3 is 0 Å². The molecule has 0 unspecified atom stereocenters. The van der Waals surface area contributed by atoms with Gasteiger partial charge in [-0.05, 0) is 29.9 Å². The zero-order valence-corrected chi connectivity index (χ0v) is 13.5. The zero-order chi connectivity index (χ0) is 17.6. The Morgan fingerprint density at radius 1 is 1.28 bits per heavy atom. The first kappa shape index (κ1) is 15.9. The smallest absolute Gasteiger partial charge is 0.272 e. The van der Waals surface area contributed by atoms with Gasteiger partial charge in [0.2, 0.25) is 0 Å². The van der Waals surface area contributed by atoms with Crippen molar-refractivity contribution in [1.29, 1.82) is 0 Å². The Kier molecular flexibility index (Phi) is 3.67. The molecule has 25 heavy (non-hydrogen) atoms. The minimum atomic E-state index is -0.609. The lowest BCUT2D eigenvalue weighted by Crippen LogP contribution is -2.38. The van der Waals surface area contributed by atoms with Gasteiger partial charge < -0.3 is 9.88 Å². The maximum Gasteiger partial charge on any atom is 0.272 e. The summed E-state index contributed by atoms with van der Waals surface area (Å²) >= 11 is 0. The van der Waals surface area contributed by atoms with Crippen molar-refractivity contribution in [2.45, 2.75) is 25.2 Å². The molecule has 5 nitrogen and oxygen atoms in total. The number of rotatable bonds is 2. The van der Waals surface area contributed by atoms with Gasteiger partial charge in [0.05, 0.1) is 12.4 Å². The van der Waals surface area contributed by atoms with Gasteiger partial charge in [-0.25, -0.2) is 8.78 Å². The molecule has 1 amide bonds. The summed E-state index contributed by atoms with van der Waals surface area (Å²) in [6.07, 6.45) is 5.27. The number of aromatic amines is 1. The molecule has 1 saturated heterocycles. The average Bonchev–Trinajstić information content (AvgIpc) is 2.95. The van der Waals surface area contributed by atoms with E-state index in [1.54, 1.807) is 4.90 Å². The van der Waals surface area contributed by atoms with E-state index in [1.807, 2.05) is 0 Å². The number of nitrogens with one attached hydrogen (secondary N) is 1. The second-order valence-corrected chi connectivity index (χ2v) is 6.93. The highest BCUT2D eigenvalue weighted by atomic mass is 19.1. The summed E-state index contributed by atoms with van der Waals surface area (Å²) in [6.45, 7) is 0.850. The van der Waals surface area contributed by atoms with E-state index in [-0.39, 0.29) is 22.9 Å². The number of hydrogen-bond donors (Lipinski definition) is 1. The highest BCUT2D eigenvalue weighted by Crippen LogP contribution is 2.56. The van der Waals surface area contributed by atoms with Crippen LogP contribution in [0.1, 0.15) is 41.2 Å². The van der Waals surface area contributed by atoms with Crippen LogP contribution in [-0.4, -0.2) is 33.9 Å². The summed E-state index contributed by atoms with van der Waals surface area (Å²) in [6, 6.07) is 3.63. The Hall–Kier alpha value is -2.57. The number of halogens is 2. The normalized spacial score (nSPS) is 21.4. The molecule has 130 valence electrons. The maximum absolute atomic E-state index is 14.3. The van der Waals surface area contributed by atoms with Gasteiger partial charge in [0.1, 0.15) is 17.3 Å². The van der Waals surface area contributed by atoms with E-state index in [9.17, 15) is 18.4 Å². The first-order valence-electron chi connectivity index (χ1n) is 8.27. The van der Waals surface area contributed by atoms with Gasteiger partial charge in [-0.15, -0.1) is 0 Å². The molecule has 1 aliphatic carbocycles. The van der Waals surface area contributed by atoms with Gasteiger partial charge in [-0.3, -0.25) is 14.6 Å². The van der Waals surface area contributed by atoms with Gasteiger partial charge in [-0.2, -0.15) is 0 Å². The van der Waals surface area contributed by atoms with Crippen LogP contribution < -0.4 is 5.56 Å². The predicted molar refractivity (Wildman–Crippen MR) is 86.1 cm³/mol. The van der Waals surface area contributed by atoms with Gasteiger partial charge in [-0.1, -0.05) is 12.5 Å². The number of nitrogens with zero attached hydrogens (tertiary/aromatic N) is 2. The summed E-state index contributed by atoms with van der Waals surface area (Å²) in [7, 11) is 0. The number of H-pyrrole nitrogens is 1. The third-order valence-electron chi connectivity index (χ3n) is 5.51. The van der Waals surface area contributed by atoms with Crippen LogP contribution >= 0.6 is 0 Å². The van der Waals surface area contributed by atoms with Crippen molar-refractivity contribution in [3.63, 3.8) is 0 Å². The molecule has 1 saturated carbocycles. The number of hydrogen-bond acceptors (Lipinski definition) is 3. The number of likely N-dealkylation sites (tertiary alicyclic amines) is 1. The van der Waals surface area contributed by atoms with Gasteiger partial charge in [0.15, 0.2) is 0 Å². The fraction of sp³-hybridized carbons (Fsp3) is 0.389. The monoisotopic (exact) mass is 345 g/mol. The fourth-order valence-electron chi connectivity index (χ4n) is 4.13. The minimum absolute atomic E-state index is 0.127. The van der Waals surface area contributed by atoms with Crippen molar-refractivity contribution in [3.8, 4) is 0 Å². The topological polar surface area (TPSA) is 66.1 Å². The lowest BCUT2D eigenvalue weighted by Gasteiger charge is -2.43. The van der Waals surface area contributed by atoms with Crippen molar-refractivity contribution >= 4 is 5.91 Å². The first-order chi connectivity index (χ1) is 12.0. The van der Waals surface area contributed by atoms with Crippen molar-refractivity contribution in [3.05, 3.63) is 63.8 Å². The molecule has 1 atom stereocenters. The molecular formula is C18H17F2N3O2. The quantitative estimate of drug-likeness (QED) is 0.909. The first-order valence-corrected chi connectivity index (χ1v) is 8.27. The summed E-state index contributed by atoms with van der Waals surface area (Å²) in [5, 5.41) is 0. The highest BCUT2D eigenvalue weighted by molar-refractivity contribution is 5.92. The van der Waals surface area contributed by atoms with Crippen LogP contribution in [0.5, 0.6) is 0 Å². The van der Waals surface area contributed by atoms with Crippen molar-refractivity contribution < 1.29 is 13.6 Å². The van der Waals surface area contributed by atoms with Crippen LogP contribution in [0.2, 0.25) is 0 Å². The standard InChI is InChI=1S/C18H17F2N3O2/c19-11-2-3-12(14(20)6-11)13-9-23(10-18(13)4-1-5-18)17(25)15-7-21-8-16(24)22-15/h2-3,6-8,13H,1,4-5,9-10H2,(H,22,24)/t13-/m1/s1. The lowest BCUT2D eigenvalue weighted by atomic mass is 9.61. The summed E-state index contributed by atoms with van der Waals surface area (Å²) < 4.78 is 27.6. The zero-order valence-electron chi connectivity index (χ0n) is 13.5. The lowest BCUT2D eigenvalue weighted by molar-refractivity contribution is 0.0718. The van der Waals surface area contributed by atoms with E-state index in [2.05, 4.69) is 9.97 Å². The molecule has 0 radical (unpaired) electrons. The average molecular weight is 345 g/mol. The van der Waals surface area contributed by atoms with E-state index in [4.69, 9.17) is 0 Å². The molecule has 2 aliphatic rings. The summed E-state index contributed by atoms with van der Waals surface area (Å²) in [5.74, 6) is -1.67. The molecule has 1 N–H and O–H groups in total. The Morgan fingerprint density at radius 3 is 2.72 bits per heavy atom. The second kappa shape index (κ2) is 5.75. The van der Waals surface area contributed by atoms with Crippen LogP contribution in [0.4, 0.5) is 8.78 Å². The number of carbonyl (C=O) groups excluding carboxylic acids is 1. The molecule has 1 aromatic heterocycles. The van der Waals surface area contributed by atoms with Crippen molar-refractivity contribution in [2.75, 3.05) is 13.1 Å². The molecule has 0 bridgehead atoms. The molecule has 7 heteroatoms. The molecule has 4 rings (SSSR count). The molecule has 2 fully saturated rings. The Morgan fingerprint density at radius 2 is 2.08 bits per heavy atom. The van der Waals surface area contributed by atoms with E-state index >= 15 is 0 Å².